The minimum Gasteiger partial charge on any atom is -0.490 e. The summed E-state index contributed by atoms with van der Waals surface area (Å²) in [6.45, 7) is 7.09. The lowest BCUT2D eigenvalue weighted by Gasteiger charge is -2.32. The highest BCUT2D eigenvalue weighted by molar-refractivity contribution is 5.76. The molecule has 1 aromatic heterocycles. The molecular weight excluding hydrogens is 444 g/mol. The van der Waals surface area contributed by atoms with Gasteiger partial charge in [-0.15, -0.1) is 0 Å². The molecule has 1 aliphatic carbocycles. The van der Waals surface area contributed by atoms with Gasteiger partial charge in [0.1, 0.15) is 17.4 Å². The van der Waals surface area contributed by atoms with Gasteiger partial charge in [-0.05, 0) is 49.9 Å². The Labute approximate surface area is 207 Å². The highest BCUT2D eigenvalue weighted by Gasteiger charge is 2.38. The molecule has 2 aromatic rings. The Morgan fingerprint density at radius 3 is 2.49 bits per heavy atom. The Morgan fingerprint density at radius 2 is 1.83 bits per heavy atom. The van der Waals surface area contributed by atoms with Crippen LogP contribution in [0.4, 0.5) is 0 Å². The molecular formula is C27H38N4O4. The van der Waals surface area contributed by atoms with Gasteiger partial charge >= 0.3 is 0 Å². The Kier molecular flexibility index (Phi) is 8.08. The van der Waals surface area contributed by atoms with Crippen LogP contribution in [0.25, 0.3) is 0 Å². The average Bonchev–Trinajstić information content (AvgIpc) is 3.20. The molecule has 8 heteroatoms. The van der Waals surface area contributed by atoms with Gasteiger partial charge in [0.05, 0.1) is 0 Å². The van der Waals surface area contributed by atoms with Gasteiger partial charge in [0.15, 0.2) is 5.82 Å². The minimum atomic E-state index is -0.564. The molecule has 1 aromatic carbocycles. The van der Waals surface area contributed by atoms with Crippen LogP contribution in [0.1, 0.15) is 87.6 Å². The maximum atomic E-state index is 12.8. The van der Waals surface area contributed by atoms with E-state index >= 15 is 0 Å². The number of rotatable bonds is 7. The van der Waals surface area contributed by atoms with E-state index in [0.717, 1.165) is 57.1 Å². The predicted octanol–water partition coefficient (Wildman–Crippen LogP) is 4.37. The second kappa shape index (κ2) is 11.2. The van der Waals surface area contributed by atoms with Crippen LogP contribution in [0.3, 0.4) is 0 Å². The van der Waals surface area contributed by atoms with Crippen molar-refractivity contribution in [3.8, 4) is 5.75 Å². The molecule has 1 saturated heterocycles. The molecule has 190 valence electrons. The predicted molar refractivity (Wildman–Crippen MR) is 132 cm³/mol. The van der Waals surface area contributed by atoms with Crippen LogP contribution in [0.15, 0.2) is 22.7 Å². The van der Waals surface area contributed by atoms with Crippen LogP contribution in [-0.2, 0) is 21.5 Å². The number of aromatic nitrogens is 2. The molecule has 4 rings (SSSR count). The number of carbonyl (C=O) groups is 2. The zero-order valence-corrected chi connectivity index (χ0v) is 21.3. The number of nitrogens with zero attached hydrogens (tertiary/aromatic N) is 3. The number of amides is 2. The number of hydrogen-bond acceptors (Lipinski definition) is 6. The largest absolute Gasteiger partial charge is 0.490 e. The number of likely N-dealkylation sites (tertiary alicyclic amines) is 1. The van der Waals surface area contributed by atoms with Crippen molar-refractivity contribution < 1.29 is 18.8 Å². The molecule has 8 nitrogen and oxygen atoms in total. The standard InChI is InChI=1S/C27H38N4O4/c1-19-8-9-23(18-20(19)2)34-22-12-16-31(17-13-22)25(33)11-10-24-28-26(30-35-24)27(29-21(3)32)14-6-4-5-7-15-27/h8-9,18,22H,4-7,10-17H2,1-3H3,(H,29,32). The third-order valence-corrected chi connectivity index (χ3v) is 7.40. The topological polar surface area (TPSA) is 97.6 Å². The lowest BCUT2D eigenvalue weighted by molar-refractivity contribution is -0.133. The van der Waals surface area contributed by atoms with E-state index in [4.69, 9.17) is 9.26 Å². The molecule has 2 aliphatic rings. The summed E-state index contributed by atoms with van der Waals surface area (Å²) in [6, 6.07) is 6.18. The molecule has 0 radical (unpaired) electrons. The molecule has 1 aliphatic heterocycles. The number of benzene rings is 1. The quantitative estimate of drug-likeness (QED) is 0.589. The molecule has 0 bridgehead atoms. The maximum absolute atomic E-state index is 12.8. The third kappa shape index (κ3) is 6.41. The van der Waals surface area contributed by atoms with E-state index in [1.165, 1.54) is 18.1 Å². The van der Waals surface area contributed by atoms with Crippen molar-refractivity contribution in [1.82, 2.24) is 20.4 Å². The van der Waals surface area contributed by atoms with Crippen molar-refractivity contribution in [2.24, 2.45) is 0 Å². The van der Waals surface area contributed by atoms with Crippen LogP contribution in [0.5, 0.6) is 5.75 Å². The van der Waals surface area contributed by atoms with E-state index in [0.29, 0.717) is 37.6 Å². The van der Waals surface area contributed by atoms with E-state index in [-0.39, 0.29) is 17.9 Å². The molecule has 0 spiro atoms. The van der Waals surface area contributed by atoms with Crippen LogP contribution in [0.2, 0.25) is 0 Å². The van der Waals surface area contributed by atoms with Gasteiger partial charge in [-0.3, -0.25) is 9.59 Å². The zero-order chi connectivity index (χ0) is 24.8. The normalized spacial score (nSPS) is 18.7. The van der Waals surface area contributed by atoms with E-state index in [2.05, 4.69) is 41.4 Å². The van der Waals surface area contributed by atoms with Crippen molar-refractivity contribution in [1.29, 1.82) is 0 Å². The van der Waals surface area contributed by atoms with Crippen LogP contribution in [0, 0.1) is 13.8 Å². The molecule has 0 atom stereocenters. The fraction of sp³-hybridized carbons (Fsp3) is 0.630. The number of hydrogen-bond donors (Lipinski definition) is 1. The molecule has 2 fully saturated rings. The van der Waals surface area contributed by atoms with Gasteiger partial charge in [-0.1, -0.05) is 36.9 Å². The highest BCUT2D eigenvalue weighted by Crippen LogP contribution is 2.34. The van der Waals surface area contributed by atoms with Crippen molar-refractivity contribution in [2.45, 2.75) is 96.6 Å². The summed E-state index contributed by atoms with van der Waals surface area (Å²) < 4.78 is 11.7. The second-order valence-corrected chi connectivity index (χ2v) is 10.1. The number of nitrogens with one attached hydrogen (secondary N) is 1. The maximum Gasteiger partial charge on any atom is 0.227 e. The first-order chi connectivity index (χ1) is 16.8. The number of piperidine rings is 1. The molecule has 35 heavy (non-hydrogen) atoms. The molecule has 1 N–H and O–H groups in total. The summed E-state index contributed by atoms with van der Waals surface area (Å²) >= 11 is 0. The van der Waals surface area contributed by atoms with Crippen molar-refractivity contribution in [3.05, 3.63) is 41.0 Å². The third-order valence-electron chi connectivity index (χ3n) is 7.40. The lowest BCUT2D eigenvalue weighted by atomic mass is 9.89. The fourth-order valence-electron chi connectivity index (χ4n) is 5.20. The molecule has 2 heterocycles. The van der Waals surface area contributed by atoms with Crippen molar-refractivity contribution in [2.75, 3.05) is 13.1 Å². The van der Waals surface area contributed by atoms with Crippen LogP contribution < -0.4 is 10.1 Å². The van der Waals surface area contributed by atoms with Crippen LogP contribution in [-0.4, -0.2) is 46.0 Å². The summed E-state index contributed by atoms with van der Waals surface area (Å²) in [6.07, 6.45) is 8.46. The first kappa shape index (κ1) is 25.2. The number of aryl methyl sites for hydroxylation is 3. The first-order valence-corrected chi connectivity index (χ1v) is 13.0. The smallest absolute Gasteiger partial charge is 0.227 e. The van der Waals surface area contributed by atoms with Gasteiger partial charge < -0.3 is 19.5 Å². The summed E-state index contributed by atoms with van der Waals surface area (Å²) in [5, 5.41) is 7.31. The number of ether oxygens (including phenoxy) is 1. The van der Waals surface area contributed by atoms with E-state index in [1.807, 2.05) is 11.0 Å². The van der Waals surface area contributed by atoms with E-state index in [9.17, 15) is 9.59 Å². The SMILES string of the molecule is CC(=O)NC1(c2noc(CCC(=O)N3CCC(Oc4ccc(C)c(C)c4)CC3)n2)CCCCCC1. The fourth-order valence-corrected chi connectivity index (χ4v) is 5.20. The van der Waals surface area contributed by atoms with Crippen molar-refractivity contribution >= 4 is 11.8 Å². The Balaban J connectivity index is 1.27. The van der Waals surface area contributed by atoms with Gasteiger partial charge in [0.25, 0.3) is 0 Å². The summed E-state index contributed by atoms with van der Waals surface area (Å²) in [4.78, 5) is 31.2. The van der Waals surface area contributed by atoms with E-state index in [1.54, 1.807) is 0 Å². The molecule has 1 saturated carbocycles. The summed E-state index contributed by atoms with van der Waals surface area (Å²) in [5.74, 6) is 1.91. The molecule has 0 unspecified atom stereocenters. The second-order valence-electron chi connectivity index (χ2n) is 10.1. The van der Waals surface area contributed by atoms with Crippen LogP contribution >= 0.6 is 0 Å². The van der Waals surface area contributed by atoms with Gasteiger partial charge in [0, 0.05) is 45.7 Å². The average molecular weight is 483 g/mol. The monoisotopic (exact) mass is 482 g/mol. The summed E-state index contributed by atoms with van der Waals surface area (Å²) in [5.41, 5.74) is 1.92. The number of carbonyl (C=O) groups excluding carboxylic acids is 2. The highest BCUT2D eigenvalue weighted by atomic mass is 16.5. The van der Waals surface area contributed by atoms with Gasteiger partial charge in [-0.2, -0.15) is 4.98 Å². The Morgan fingerprint density at radius 1 is 1.11 bits per heavy atom. The molecule has 2 amide bonds. The van der Waals surface area contributed by atoms with Crippen molar-refractivity contribution in [3.63, 3.8) is 0 Å². The van der Waals surface area contributed by atoms with Gasteiger partial charge in [-0.25, -0.2) is 0 Å². The minimum absolute atomic E-state index is 0.0849. The Bertz CT molecular complexity index is 1020. The Hall–Kier alpha value is -2.90. The first-order valence-electron chi connectivity index (χ1n) is 13.0. The summed E-state index contributed by atoms with van der Waals surface area (Å²) in [7, 11) is 0. The zero-order valence-electron chi connectivity index (χ0n) is 21.3. The van der Waals surface area contributed by atoms with Gasteiger partial charge in [0.2, 0.25) is 17.7 Å². The van der Waals surface area contributed by atoms with E-state index < -0.39 is 5.54 Å². The lowest BCUT2D eigenvalue weighted by Crippen LogP contribution is -2.45.